The second kappa shape index (κ2) is 11.7. The van der Waals surface area contributed by atoms with Crippen LogP contribution in [0.1, 0.15) is 25.3 Å². The van der Waals surface area contributed by atoms with Gasteiger partial charge in [0.25, 0.3) is 0 Å². The lowest BCUT2D eigenvalue weighted by atomic mass is 10.2. The lowest BCUT2D eigenvalue weighted by molar-refractivity contribution is -0.134. The van der Waals surface area contributed by atoms with Gasteiger partial charge < -0.3 is 10.1 Å². The van der Waals surface area contributed by atoms with E-state index in [9.17, 15) is 4.79 Å². The van der Waals surface area contributed by atoms with Gasteiger partial charge in [0.05, 0.1) is 0 Å². The summed E-state index contributed by atoms with van der Waals surface area (Å²) in [6, 6.07) is 7.62. The zero-order chi connectivity index (χ0) is 16.9. The van der Waals surface area contributed by atoms with E-state index in [1.807, 2.05) is 43.3 Å². The summed E-state index contributed by atoms with van der Waals surface area (Å²) in [7, 11) is 0. The van der Waals surface area contributed by atoms with E-state index >= 15 is 0 Å². The highest BCUT2D eigenvalue weighted by Crippen LogP contribution is 2.23. The van der Waals surface area contributed by atoms with Gasteiger partial charge in [0.1, 0.15) is 5.75 Å². The molecule has 4 heteroatoms. The second-order valence-corrected chi connectivity index (χ2v) is 5.92. The van der Waals surface area contributed by atoms with Gasteiger partial charge in [-0.3, -0.25) is 4.79 Å². The molecule has 124 valence electrons. The van der Waals surface area contributed by atoms with Crippen LogP contribution in [0.3, 0.4) is 0 Å². The van der Waals surface area contributed by atoms with E-state index < -0.39 is 0 Å². The predicted octanol–water partition coefficient (Wildman–Crippen LogP) is 4.47. The van der Waals surface area contributed by atoms with Crippen LogP contribution in [0.5, 0.6) is 5.75 Å². The Labute approximate surface area is 143 Å². The quantitative estimate of drug-likeness (QED) is 0.281. The number of carbonyl (C=O) groups excluding carboxylic acids is 1. The molecule has 0 unspecified atom stereocenters. The molecule has 0 atom stereocenters. The van der Waals surface area contributed by atoms with Crippen molar-refractivity contribution in [2.24, 2.45) is 0 Å². The van der Waals surface area contributed by atoms with Crippen molar-refractivity contribution in [3.8, 4) is 5.75 Å². The van der Waals surface area contributed by atoms with E-state index in [0.717, 1.165) is 30.2 Å². The molecule has 0 aliphatic rings. The van der Waals surface area contributed by atoms with E-state index in [4.69, 9.17) is 4.74 Å². The van der Waals surface area contributed by atoms with Crippen LogP contribution in [0, 0.1) is 0 Å². The molecule has 0 spiro atoms. The molecular formula is C19H25NO2S. The average Bonchev–Trinajstić information content (AvgIpc) is 2.57. The van der Waals surface area contributed by atoms with Crippen LogP contribution in [-0.4, -0.2) is 19.1 Å². The zero-order valence-electron chi connectivity index (χ0n) is 13.7. The Bertz CT molecular complexity index is 535. The largest absolute Gasteiger partial charge is 0.427 e. The van der Waals surface area contributed by atoms with Gasteiger partial charge in [-0.25, -0.2) is 0 Å². The number of hydrogen-bond donors (Lipinski definition) is 1. The molecule has 1 N–H and O–H groups in total. The molecule has 0 aliphatic heterocycles. The number of benzene rings is 1. The third-order valence-corrected chi connectivity index (χ3v) is 4.14. The lowest BCUT2D eigenvalue weighted by Gasteiger charge is -2.06. The summed E-state index contributed by atoms with van der Waals surface area (Å²) in [5.41, 5.74) is 1.17. The first-order chi connectivity index (χ1) is 11.2. The fourth-order valence-corrected chi connectivity index (χ4v) is 2.66. The van der Waals surface area contributed by atoms with Gasteiger partial charge >= 0.3 is 5.97 Å². The molecule has 0 saturated heterocycles. The van der Waals surface area contributed by atoms with Crippen molar-refractivity contribution in [1.82, 2.24) is 5.32 Å². The molecule has 0 fully saturated rings. The van der Waals surface area contributed by atoms with Crippen molar-refractivity contribution in [3.63, 3.8) is 0 Å². The Morgan fingerprint density at radius 1 is 1.30 bits per heavy atom. The molecule has 0 aliphatic carbocycles. The summed E-state index contributed by atoms with van der Waals surface area (Å²) in [5.74, 6) is 1.24. The Morgan fingerprint density at radius 2 is 2.04 bits per heavy atom. The summed E-state index contributed by atoms with van der Waals surface area (Å²) in [5, 5.41) is 3.18. The number of carbonyl (C=O) groups is 1. The van der Waals surface area contributed by atoms with Crippen LogP contribution in [0.4, 0.5) is 0 Å². The zero-order valence-corrected chi connectivity index (χ0v) is 14.5. The fraction of sp³-hybridized carbons (Fsp3) is 0.316. The first kappa shape index (κ1) is 19.3. The number of ether oxygens (including phenoxy) is 1. The van der Waals surface area contributed by atoms with Crippen molar-refractivity contribution in [1.29, 1.82) is 0 Å². The highest BCUT2D eigenvalue weighted by molar-refractivity contribution is 8.02. The summed E-state index contributed by atoms with van der Waals surface area (Å²) in [6.07, 6.45) is 6.72. The van der Waals surface area contributed by atoms with Crippen molar-refractivity contribution >= 4 is 17.7 Å². The highest BCUT2D eigenvalue weighted by Gasteiger charge is 2.05. The summed E-state index contributed by atoms with van der Waals surface area (Å²) in [4.78, 5) is 12.8. The minimum atomic E-state index is -0.187. The maximum Gasteiger partial charge on any atom is 0.311 e. The lowest BCUT2D eigenvalue weighted by Crippen LogP contribution is -2.16. The van der Waals surface area contributed by atoms with Gasteiger partial charge in [0.2, 0.25) is 0 Å². The molecular weight excluding hydrogens is 306 g/mol. The molecule has 0 heterocycles. The summed E-state index contributed by atoms with van der Waals surface area (Å²) >= 11 is 1.69. The first-order valence-electron chi connectivity index (χ1n) is 7.78. The minimum absolute atomic E-state index is 0.187. The predicted molar refractivity (Wildman–Crippen MR) is 99.6 cm³/mol. The van der Waals surface area contributed by atoms with Crippen LogP contribution >= 0.6 is 11.8 Å². The first-order valence-corrected chi connectivity index (χ1v) is 8.76. The van der Waals surface area contributed by atoms with Gasteiger partial charge in [0, 0.05) is 17.1 Å². The van der Waals surface area contributed by atoms with Crippen molar-refractivity contribution in [3.05, 3.63) is 66.1 Å². The molecule has 0 radical (unpaired) electrons. The van der Waals surface area contributed by atoms with Gasteiger partial charge in [-0.1, -0.05) is 44.4 Å². The van der Waals surface area contributed by atoms with Crippen LogP contribution in [0.2, 0.25) is 0 Å². The number of nitrogens with one attached hydrogen (secondary N) is 1. The Balaban J connectivity index is 2.41. The van der Waals surface area contributed by atoms with Gasteiger partial charge in [-0.15, -0.1) is 11.8 Å². The third kappa shape index (κ3) is 8.43. The number of thioether (sulfide) groups is 1. The molecule has 0 amide bonds. The van der Waals surface area contributed by atoms with E-state index in [2.05, 4.69) is 18.5 Å². The number of hydrogen-bond acceptors (Lipinski definition) is 4. The molecule has 0 aromatic heterocycles. The Hall–Kier alpha value is -1.78. The van der Waals surface area contributed by atoms with E-state index in [1.54, 1.807) is 17.8 Å². The monoisotopic (exact) mass is 331 g/mol. The molecule has 1 rings (SSSR count). The molecule has 3 nitrogen and oxygen atoms in total. The Morgan fingerprint density at radius 3 is 2.65 bits per heavy atom. The smallest absolute Gasteiger partial charge is 0.311 e. The minimum Gasteiger partial charge on any atom is -0.427 e. The second-order valence-electron chi connectivity index (χ2n) is 4.87. The van der Waals surface area contributed by atoms with Crippen LogP contribution < -0.4 is 10.1 Å². The van der Waals surface area contributed by atoms with E-state index in [0.29, 0.717) is 12.2 Å². The van der Waals surface area contributed by atoms with Crippen LogP contribution in [0.15, 0.2) is 60.6 Å². The summed E-state index contributed by atoms with van der Waals surface area (Å²) < 4.78 is 5.32. The van der Waals surface area contributed by atoms with Crippen LogP contribution in [-0.2, 0) is 10.5 Å². The van der Waals surface area contributed by atoms with Crippen molar-refractivity contribution in [2.45, 2.75) is 25.5 Å². The fourth-order valence-electron chi connectivity index (χ4n) is 1.83. The van der Waals surface area contributed by atoms with Crippen molar-refractivity contribution in [2.75, 3.05) is 13.1 Å². The standard InChI is InChI=1S/C19H25NO2S/c1-4-8-18(5-2)23-15-16-10-12-17(13-11-16)22-19(21)9-7-14-20-6-3/h4-5,8,10-13,20H,1-2,6-7,9,14-15H2,3H3/b18-8+. The van der Waals surface area contributed by atoms with E-state index in [1.165, 1.54) is 5.56 Å². The molecule has 0 saturated carbocycles. The maximum atomic E-state index is 11.7. The van der Waals surface area contributed by atoms with Gasteiger partial charge in [-0.05, 0) is 43.3 Å². The highest BCUT2D eigenvalue weighted by atomic mass is 32.2. The molecule has 23 heavy (non-hydrogen) atoms. The number of rotatable bonds is 11. The third-order valence-electron chi connectivity index (χ3n) is 3.03. The van der Waals surface area contributed by atoms with Gasteiger partial charge in [-0.2, -0.15) is 0 Å². The SMILES string of the molecule is C=C/C=C(\C=C)SCc1ccc(OC(=O)CCCNCC)cc1. The normalized spacial score (nSPS) is 11.1. The Kier molecular flexibility index (Phi) is 9.84. The van der Waals surface area contributed by atoms with Gasteiger partial charge in [0.15, 0.2) is 0 Å². The van der Waals surface area contributed by atoms with E-state index in [-0.39, 0.29) is 5.97 Å². The molecule has 1 aromatic rings. The number of allylic oxidation sites excluding steroid dienone is 3. The number of esters is 1. The maximum absolute atomic E-state index is 11.7. The summed E-state index contributed by atoms with van der Waals surface area (Å²) in [6.45, 7) is 11.3. The molecule has 0 bridgehead atoms. The molecule has 1 aromatic carbocycles. The topological polar surface area (TPSA) is 38.3 Å². The van der Waals surface area contributed by atoms with Crippen molar-refractivity contribution < 1.29 is 9.53 Å². The van der Waals surface area contributed by atoms with Crippen LogP contribution in [0.25, 0.3) is 0 Å². The average molecular weight is 331 g/mol.